The second-order valence-electron chi connectivity index (χ2n) is 21.9. The molecule has 2 aromatic heterocycles. The van der Waals surface area contributed by atoms with Gasteiger partial charge in [0.25, 0.3) is 0 Å². The van der Waals surface area contributed by atoms with Crippen molar-refractivity contribution in [1.82, 2.24) is 14.5 Å². The first kappa shape index (κ1) is 43.6. The third-order valence-corrected chi connectivity index (χ3v) is 12.9. The van der Waals surface area contributed by atoms with E-state index in [0.717, 1.165) is 83.9 Å². The molecule has 0 bridgehead atoms. The zero-order valence-electron chi connectivity index (χ0n) is 40.3. The molecule has 1 aliphatic rings. The van der Waals surface area contributed by atoms with Crippen molar-refractivity contribution in [2.24, 2.45) is 0 Å². The van der Waals surface area contributed by atoms with Crippen molar-refractivity contribution in [3.63, 3.8) is 0 Å². The maximum Gasteiger partial charge on any atom is 0.189 e. The lowest BCUT2D eigenvalue weighted by molar-refractivity contribution is 0.300. The largest absolute Gasteiger partial charge is 0.507 e. The Bertz CT molecular complexity index is 3130. The van der Waals surface area contributed by atoms with E-state index in [2.05, 4.69) is 203 Å². The van der Waals surface area contributed by atoms with Crippen LogP contribution in [-0.4, -0.2) is 26.7 Å². The molecule has 0 unspecified atom stereocenters. The Kier molecular flexibility index (Phi) is 10.4. The number of pyridine rings is 1. The Morgan fingerprint density at radius 2 is 1.12 bits per heavy atom. The lowest BCUT2D eigenvalue weighted by atomic mass is 9.79. The Morgan fingerprint density at radius 3 is 1.82 bits per heavy atom. The number of benzene rings is 6. The Hall–Kier alpha value is -6.66. The number of imidazole rings is 1. The first-order valence-electron chi connectivity index (χ1n) is 22.9. The number of aromatic nitrogens is 3. The number of phenolic OH excluding ortho intramolecular Hbond substituents is 1. The summed E-state index contributed by atoms with van der Waals surface area (Å²) in [5.41, 5.74) is 16.2. The number of phenols is 1. The summed E-state index contributed by atoms with van der Waals surface area (Å²) in [5.74, 6) is 1.66. The van der Waals surface area contributed by atoms with E-state index in [1.165, 1.54) is 11.1 Å². The Balaban J connectivity index is 1.37. The van der Waals surface area contributed by atoms with Gasteiger partial charge in [-0.1, -0.05) is 162 Å². The van der Waals surface area contributed by atoms with Crippen molar-refractivity contribution in [3.8, 4) is 73.2 Å². The Labute approximate surface area is 385 Å². The molecule has 0 radical (unpaired) electrons. The van der Waals surface area contributed by atoms with E-state index in [4.69, 9.17) is 14.8 Å². The van der Waals surface area contributed by atoms with E-state index in [1.54, 1.807) is 0 Å². The van der Waals surface area contributed by atoms with Gasteiger partial charge in [0.05, 0.1) is 28.0 Å². The molecule has 1 N–H and O–H groups in total. The van der Waals surface area contributed by atoms with Crippen LogP contribution >= 0.6 is 0 Å². The minimum atomic E-state index is -0.333. The molecule has 3 heterocycles. The van der Waals surface area contributed by atoms with Gasteiger partial charge in [-0.25, -0.2) is 10.0 Å². The fourth-order valence-corrected chi connectivity index (χ4v) is 9.09. The molecular formula is C59H62N4O2. The highest BCUT2D eigenvalue weighted by Crippen LogP contribution is 2.49. The second kappa shape index (κ2) is 15.5. The molecule has 6 heteroatoms. The van der Waals surface area contributed by atoms with Crippen molar-refractivity contribution in [3.05, 3.63) is 156 Å². The zero-order chi connectivity index (χ0) is 46.4. The van der Waals surface area contributed by atoms with Gasteiger partial charge in [-0.15, -0.1) is 0 Å². The highest BCUT2D eigenvalue weighted by molar-refractivity contribution is 5.98. The monoisotopic (exact) mass is 858 g/mol. The highest BCUT2D eigenvalue weighted by Gasteiger charge is 2.31. The Morgan fingerprint density at radius 1 is 0.492 bits per heavy atom. The first-order valence-corrected chi connectivity index (χ1v) is 22.9. The maximum atomic E-state index is 12.6. The molecule has 6 nitrogen and oxygen atoms in total. The normalized spacial score (nSPS) is 13.2. The van der Waals surface area contributed by atoms with Crippen LogP contribution in [0.3, 0.4) is 0 Å². The summed E-state index contributed by atoms with van der Waals surface area (Å²) in [6.07, 6.45) is 1.89. The third-order valence-electron chi connectivity index (χ3n) is 12.9. The van der Waals surface area contributed by atoms with Crippen LogP contribution in [0, 0.1) is 0 Å². The number of hydrogen-bond acceptors (Lipinski definition) is 5. The molecule has 65 heavy (non-hydrogen) atoms. The molecule has 8 aromatic rings. The zero-order valence-corrected chi connectivity index (χ0v) is 40.3. The second-order valence-corrected chi connectivity index (χ2v) is 21.9. The van der Waals surface area contributed by atoms with Crippen molar-refractivity contribution in [1.29, 1.82) is 0 Å². The molecule has 9 rings (SSSR count). The van der Waals surface area contributed by atoms with E-state index >= 15 is 0 Å². The summed E-state index contributed by atoms with van der Waals surface area (Å²) in [6.45, 7) is 26.7. The third kappa shape index (κ3) is 7.87. The first-order chi connectivity index (χ1) is 30.6. The molecule has 0 saturated heterocycles. The van der Waals surface area contributed by atoms with Gasteiger partial charge in [-0.2, -0.15) is 0 Å². The topological polar surface area (TPSA) is 63.4 Å². The molecule has 0 saturated carbocycles. The minimum absolute atomic E-state index is 0.0809. The van der Waals surface area contributed by atoms with E-state index in [1.807, 2.05) is 30.4 Å². The average molecular weight is 859 g/mol. The van der Waals surface area contributed by atoms with Crippen LogP contribution in [0.25, 0.3) is 72.7 Å². The van der Waals surface area contributed by atoms with Gasteiger partial charge >= 0.3 is 0 Å². The van der Waals surface area contributed by atoms with Crippen LogP contribution in [-0.2, 0) is 21.7 Å². The quantitative estimate of drug-likeness (QED) is 0.187. The fourth-order valence-electron chi connectivity index (χ4n) is 9.09. The van der Waals surface area contributed by atoms with Gasteiger partial charge in [0.15, 0.2) is 5.75 Å². The SMILES string of the molecule is CN1Oc2c(ccnc2-c2cc(-c3cccc4c3nc(-c3cc(C(C)(C)C)cc(C(C)(C)C)c3O)n4-c3ccc(C(C)(C)C)cc3-c3ccccc3)cc(C(C)(C)C)c2)-c2ccccc21. The predicted molar refractivity (Wildman–Crippen MR) is 272 cm³/mol. The molecule has 1 aliphatic heterocycles. The van der Waals surface area contributed by atoms with Crippen LogP contribution < -0.4 is 9.90 Å². The van der Waals surface area contributed by atoms with Crippen LogP contribution in [0.4, 0.5) is 5.69 Å². The van der Waals surface area contributed by atoms with Crippen LogP contribution in [0.2, 0.25) is 0 Å². The molecular weight excluding hydrogens is 797 g/mol. The van der Waals surface area contributed by atoms with Gasteiger partial charge in [0.1, 0.15) is 17.3 Å². The minimum Gasteiger partial charge on any atom is -0.507 e. The summed E-state index contributed by atoms with van der Waals surface area (Å²) >= 11 is 0. The number of fused-ring (bicyclic) bond motifs is 4. The summed E-state index contributed by atoms with van der Waals surface area (Å²) in [6, 6.07) is 45.4. The number of para-hydroxylation sites is 2. The van der Waals surface area contributed by atoms with Crippen molar-refractivity contribution in [2.75, 3.05) is 12.1 Å². The number of rotatable bonds is 5. The number of hydrogen-bond donors (Lipinski definition) is 1. The fraction of sp³-hybridized carbons (Fsp3) is 0.288. The highest BCUT2D eigenvalue weighted by atomic mass is 16.7. The van der Waals surface area contributed by atoms with Gasteiger partial charge in [0.2, 0.25) is 0 Å². The van der Waals surface area contributed by atoms with Crippen molar-refractivity contribution in [2.45, 2.75) is 105 Å². The van der Waals surface area contributed by atoms with E-state index in [0.29, 0.717) is 11.4 Å². The van der Waals surface area contributed by atoms with Crippen molar-refractivity contribution >= 4 is 16.7 Å². The van der Waals surface area contributed by atoms with E-state index in [9.17, 15) is 5.11 Å². The lowest BCUT2D eigenvalue weighted by Gasteiger charge is -2.30. The van der Waals surface area contributed by atoms with Gasteiger partial charge in [-0.05, 0) is 98.0 Å². The molecule has 0 amide bonds. The number of aromatic hydroxyl groups is 1. The smallest absolute Gasteiger partial charge is 0.189 e. The molecule has 0 aliphatic carbocycles. The molecule has 0 spiro atoms. The van der Waals surface area contributed by atoms with Crippen LogP contribution in [0.1, 0.15) is 105 Å². The molecule has 6 aromatic carbocycles. The predicted octanol–water partition coefficient (Wildman–Crippen LogP) is 15.4. The number of nitrogens with zero attached hydrogens (tertiary/aromatic N) is 4. The standard InChI is InChI=1S/C59H62N4O2/c1-56(2,3)39-26-27-49(45(33-39)36-20-15-14-16-21-36)63-50-25-19-23-42(52(50)61-55(63)46-34-41(58(7,8)9)35-47(53(46)64)59(10,11)12)37-30-38(32-40(31-37)57(4,5)6)51-54-44(28-29-60-51)43-22-17-18-24-48(43)62(13)65-54/h14-35,64H,1-13H3. The van der Waals surface area contributed by atoms with Crippen molar-refractivity contribution < 1.29 is 9.94 Å². The van der Waals surface area contributed by atoms with Gasteiger partial charge in [-0.3, -0.25) is 9.55 Å². The van der Waals surface area contributed by atoms with Crippen LogP contribution in [0.15, 0.2) is 134 Å². The maximum absolute atomic E-state index is 12.6. The summed E-state index contributed by atoms with van der Waals surface area (Å²) in [5, 5.41) is 14.4. The average Bonchev–Trinajstić information content (AvgIpc) is 3.64. The van der Waals surface area contributed by atoms with E-state index < -0.39 is 0 Å². The summed E-state index contributed by atoms with van der Waals surface area (Å²) < 4.78 is 2.28. The number of hydroxylamine groups is 1. The van der Waals surface area contributed by atoms with Gasteiger partial charge in [0, 0.05) is 46.6 Å². The van der Waals surface area contributed by atoms with E-state index in [-0.39, 0.29) is 27.4 Å². The summed E-state index contributed by atoms with van der Waals surface area (Å²) in [7, 11) is 1.95. The molecule has 330 valence electrons. The lowest BCUT2D eigenvalue weighted by Crippen LogP contribution is -2.26. The molecule has 0 fully saturated rings. The number of anilines is 1. The van der Waals surface area contributed by atoms with Crippen LogP contribution in [0.5, 0.6) is 11.5 Å². The summed E-state index contributed by atoms with van der Waals surface area (Å²) in [4.78, 5) is 17.3. The molecule has 0 atom stereocenters. The van der Waals surface area contributed by atoms with Gasteiger partial charge < -0.3 is 9.94 Å².